The SMILES string of the molecule is Nc1cc(CO)cc(Nc2c3ccccc3nc3[nH]ccc23)c1. The van der Waals surface area contributed by atoms with Gasteiger partial charge in [-0.25, -0.2) is 4.98 Å². The Hall–Kier alpha value is -3.05. The summed E-state index contributed by atoms with van der Waals surface area (Å²) in [7, 11) is 0. The Morgan fingerprint density at radius 1 is 1.09 bits per heavy atom. The van der Waals surface area contributed by atoms with Gasteiger partial charge in [-0.1, -0.05) is 18.2 Å². The van der Waals surface area contributed by atoms with Crippen molar-refractivity contribution in [3.8, 4) is 0 Å². The molecule has 114 valence electrons. The van der Waals surface area contributed by atoms with Gasteiger partial charge < -0.3 is 21.1 Å². The third-order valence-electron chi connectivity index (χ3n) is 3.87. The predicted octanol–water partition coefficient (Wildman–Crippen LogP) is 3.53. The number of nitrogens with one attached hydrogen (secondary N) is 2. The molecule has 4 aromatic rings. The summed E-state index contributed by atoms with van der Waals surface area (Å²) in [6.07, 6.45) is 1.88. The zero-order valence-electron chi connectivity index (χ0n) is 12.4. The topological polar surface area (TPSA) is 87.0 Å². The fourth-order valence-corrected chi connectivity index (χ4v) is 2.86. The van der Waals surface area contributed by atoms with E-state index in [9.17, 15) is 5.11 Å². The van der Waals surface area contributed by atoms with E-state index in [0.717, 1.165) is 38.9 Å². The van der Waals surface area contributed by atoms with Crippen molar-refractivity contribution < 1.29 is 5.11 Å². The van der Waals surface area contributed by atoms with Gasteiger partial charge in [-0.2, -0.15) is 0 Å². The van der Waals surface area contributed by atoms with Crippen molar-refractivity contribution in [1.29, 1.82) is 0 Å². The van der Waals surface area contributed by atoms with E-state index >= 15 is 0 Å². The van der Waals surface area contributed by atoms with Crippen LogP contribution < -0.4 is 11.1 Å². The van der Waals surface area contributed by atoms with Crippen molar-refractivity contribution in [3.63, 3.8) is 0 Å². The number of hydrogen-bond donors (Lipinski definition) is 4. The normalized spacial score (nSPS) is 11.2. The van der Waals surface area contributed by atoms with Gasteiger partial charge in [-0.3, -0.25) is 0 Å². The molecule has 0 fully saturated rings. The van der Waals surface area contributed by atoms with Gasteiger partial charge >= 0.3 is 0 Å². The molecule has 23 heavy (non-hydrogen) atoms. The van der Waals surface area contributed by atoms with Crippen LogP contribution in [0.4, 0.5) is 17.1 Å². The maximum atomic E-state index is 9.36. The molecule has 5 heteroatoms. The van der Waals surface area contributed by atoms with Crippen molar-refractivity contribution in [3.05, 3.63) is 60.3 Å². The summed E-state index contributed by atoms with van der Waals surface area (Å²) in [6.45, 7) is -0.0453. The van der Waals surface area contributed by atoms with Gasteiger partial charge in [0.05, 0.1) is 17.8 Å². The smallest absolute Gasteiger partial charge is 0.140 e. The van der Waals surface area contributed by atoms with Crippen molar-refractivity contribution in [2.45, 2.75) is 6.61 Å². The van der Waals surface area contributed by atoms with Crippen LogP contribution in [0, 0.1) is 0 Å². The first-order valence-electron chi connectivity index (χ1n) is 7.38. The molecule has 0 atom stereocenters. The first-order valence-corrected chi connectivity index (χ1v) is 7.38. The first-order chi connectivity index (χ1) is 11.2. The Kier molecular flexibility index (Phi) is 3.13. The van der Waals surface area contributed by atoms with E-state index in [1.54, 1.807) is 6.07 Å². The second-order valence-electron chi connectivity index (χ2n) is 5.49. The lowest BCUT2D eigenvalue weighted by Gasteiger charge is -2.13. The average molecular weight is 304 g/mol. The number of nitrogens with zero attached hydrogens (tertiary/aromatic N) is 1. The van der Waals surface area contributed by atoms with Crippen LogP contribution in [-0.2, 0) is 6.61 Å². The summed E-state index contributed by atoms with van der Waals surface area (Å²) >= 11 is 0. The maximum absolute atomic E-state index is 9.36. The molecule has 4 rings (SSSR count). The zero-order valence-corrected chi connectivity index (χ0v) is 12.4. The lowest BCUT2D eigenvalue weighted by atomic mass is 10.1. The number of aromatic amines is 1. The molecule has 0 aliphatic carbocycles. The number of H-pyrrole nitrogens is 1. The lowest BCUT2D eigenvalue weighted by molar-refractivity contribution is 0.282. The van der Waals surface area contributed by atoms with Crippen LogP contribution in [0.15, 0.2) is 54.7 Å². The molecular weight excluding hydrogens is 288 g/mol. The van der Waals surface area contributed by atoms with Gasteiger partial charge in [-0.15, -0.1) is 0 Å². The number of rotatable bonds is 3. The van der Waals surface area contributed by atoms with Crippen LogP contribution in [0.1, 0.15) is 5.56 Å². The minimum atomic E-state index is -0.0453. The van der Waals surface area contributed by atoms with E-state index in [-0.39, 0.29) is 6.61 Å². The quantitative estimate of drug-likeness (QED) is 0.436. The highest BCUT2D eigenvalue weighted by molar-refractivity contribution is 6.07. The zero-order chi connectivity index (χ0) is 15.8. The molecule has 0 saturated carbocycles. The maximum Gasteiger partial charge on any atom is 0.140 e. The van der Waals surface area contributed by atoms with Crippen LogP contribution in [0.2, 0.25) is 0 Å². The van der Waals surface area contributed by atoms with Gasteiger partial charge in [0.2, 0.25) is 0 Å². The number of benzene rings is 2. The number of aliphatic hydroxyl groups excluding tert-OH is 1. The first kappa shape index (κ1) is 13.6. The Labute approximate surface area is 132 Å². The van der Waals surface area contributed by atoms with Gasteiger partial charge in [0, 0.05) is 28.3 Å². The van der Waals surface area contributed by atoms with Gasteiger partial charge in [0.1, 0.15) is 5.65 Å². The lowest BCUT2D eigenvalue weighted by Crippen LogP contribution is -1.97. The second-order valence-corrected chi connectivity index (χ2v) is 5.49. The molecule has 0 aliphatic rings. The summed E-state index contributed by atoms with van der Waals surface area (Å²) in [5.41, 5.74) is 10.9. The summed E-state index contributed by atoms with van der Waals surface area (Å²) in [4.78, 5) is 7.79. The number of pyridine rings is 1. The fraction of sp³-hybridized carbons (Fsp3) is 0.0556. The van der Waals surface area contributed by atoms with Crippen LogP contribution in [0.5, 0.6) is 0 Å². The molecule has 5 nitrogen and oxygen atoms in total. The highest BCUT2D eigenvalue weighted by atomic mass is 16.3. The number of anilines is 3. The minimum absolute atomic E-state index is 0.0453. The molecule has 0 aliphatic heterocycles. The van der Waals surface area contributed by atoms with Crippen LogP contribution in [-0.4, -0.2) is 15.1 Å². The molecule has 0 spiro atoms. The molecule has 0 bridgehead atoms. The minimum Gasteiger partial charge on any atom is -0.399 e. The van der Waals surface area contributed by atoms with Crippen molar-refractivity contribution in [1.82, 2.24) is 9.97 Å². The Morgan fingerprint density at radius 2 is 1.96 bits per heavy atom. The monoisotopic (exact) mass is 304 g/mol. The fourth-order valence-electron chi connectivity index (χ4n) is 2.86. The molecular formula is C18H16N4O. The van der Waals surface area contributed by atoms with Crippen molar-refractivity contribution in [2.24, 2.45) is 0 Å². The predicted molar refractivity (Wildman–Crippen MR) is 93.7 cm³/mol. The molecule has 2 aromatic carbocycles. The van der Waals surface area contributed by atoms with Crippen LogP contribution in [0.3, 0.4) is 0 Å². The van der Waals surface area contributed by atoms with Gasteiger partial charge in [-0.05, 0) is 35.9 Å². The van der Waals surface area contributed by atoms with Crippen molar-refractivity contribution in [2.75, 3.05) is 11.1 Å². The molecule has 2 aromatic heterocycles. The van der Waals surface area contributed by atoms with E-state index in [1.165, 1.54) is 0 Å². The van der Waals surface area contributed by atoms with E-state index in [4.69, 9.17) is 5.73 Å². The van der Waals surface area contributed by atoms with Crippen LogP contribution in [0.25, 0.3) is 21.9 Å². The summed E-state index contributed by atoms with van der Waals surface area (Å²) in [5.74, 6) is 0. The summed E-state index contributed by atoms with van der Waals surface area (Å²) in [6, 6.07) is 15.5. The van der Waals surface area contributed by atoms with Gasteiger partial charge in [0.25, 0.3) is 0 Å². The van der Waals surface area contributed by atoms with Crippen LogP contribution >= 0.6 is 0 Å². The summed E-state index contributed by atoms with van der Waals surface area (Å²) in [5, 5.41) is 14.9. The standard InChI is InChI=1S/C18H16N4O/c19-12-7-11(10-23)8-13(9-12)21-17-14-3-1-2-4-16(14)22-18-15(17)5-6-20-18/h1-9,23H,10,19H2,(H2,20,21,22). The highest BCUT2D eigenvalue weighted by Crippen LogP contribution is 2.33. The average Bonchev–Trinajstić information content (AvgIpc) is 3.02. The molecule has 5 N–H and O–H groups in total. The Bertz CT molecular complexity index is 1010. The molecule has 0 amide bonds. The summed E-state index contributed by atoms with van der Waals surface area (Å²) < 4.78 is 0. The number of nitrogen functional groups attached to an aromatic ring is 1. The number of aliphatic hydroxyl groups is 1. The number of para-hydroxylation sites is 1. The highest BCUT2D eigenvalue weighted by Gasteiger charge is 2.10. The third kappa shape index (κ3) is 2.37. The molecule has 0 saturated heterocycles. The Morgan fingerprint density at radius 3 is 2.83 bits per heavy atom. The van der Waals surface area contributed by atoms with E-state index in [2.05, 4.69) is 15.3 Å². The van der Waals surface area contributed by atoms with E-state index < -0.39 is 0 Å². The van der Waals surface area contributed by atoms with E-state index in [1.807, 2.05) is 48.7 Å². The largest absolute Gasteiger partial charge is 0.399 e. The number of fused-ring (bicyclic) bond motifs is 2. The number of nitrogens with two attached hydrogens (primary N) is 1. The molecule has 2 heterocycles. The van der Waals surface area contributed by atoms with E-state index in [0.29, 0.717) is 5.69 Å². The molecule has 0 radical (unpaired) electrons. The van der Waals surface area contributed by atoms with Gasteiger partial charge in [0.15, 0.2) is 0 Å². The third-order valence-corrected chi connectivity index (χ3v) is 3.87. The Balaban J connectivity index is 1.93. The number of hydrogen-bond acceptors (Lipinski definition) is 4. The molecule has 0 unspecified atom stereocenters. The number of aromatic nitrogens is 2. The van der Waals surface area contributed by atoms with Crippen molar-refractivity contribution >= 4 is 39.0 Å². The second kappa shape index (κ2) is 5.30.